The van der Waals surface area contributed by atoms with E-state index in [1.54, 1.807) is 12.1 Å². The number of nitrogens with zero attached hydrogens (tertiary/aromatic N) is 1. The van der Waals surface area contributed by atoms with E-state index in [9.17, 15) is 13.6 Å². The molecule has 0 unspecified atom stereocenters. The standard InChI is InChI=1S/C18H18F2N2O3/c1-12-4-3-5-13(2)17(12)22-16(23)11-24-21-10-14-6-8-15(9-7-14)25-18(19)20/h3-10,18H,11H2,1-2H3,(H,22,23)/b21-10-. The topological polar surface area (TPSA) is 59.9 Å². The summed E-state index contributed by atoms with van der Waals surface area (Å²) in [4.78, 5) is 16.8. The summed E-state index contributed by atoms with van der Waals surface area (Å²) in [5.41, 5.74) is 3.30. The molecule has 1 amide bonds. The van der Waals surface area contributed by atoms with Gasteiger partial charge in [-0.25, -0.2) is 0 Å². The summed E-state index contributed by atoms with van der Waals surface area (Å²) in [6.07, 6.45) is 1.37. The predicted octanol–water partition coefficient (Wildman–Crippen LogP) is 3.89. The van der Waals surface area contributed by atoms with Crippen molar-refractivity contribution >= 4 is 17.8 Å². The first-order valence-electron chi connectivity index (χ1n) is 7.52. The van der Waals surface area contributed by atoms with E-state index in [0.29, 0.717) is 5.56 Å². The number of halogens is 2. The molecule has 1 N–H and O–H groups in total. The molecule has 0 saturated heterocycles. The van der Waals surface area contributed by atoms with E-state index in [0.717, 1.165) is 16.8 Å². The van der Waals surface area contributed by atoms with E-state index in [2.05, 4.69) is 15.2 Å². The number of anilines is 1. The van der Waals surface area contributed by atoms with Crippen molar-refractivity contribution in [3.05, 3.63) is 59.2 Å². The van der Waals surface area contributed by atoms with Crippen molar-refractivity contribution in [2.75, 3.05) is 11.9 Å². The summed E-state index contributed by atoms with van der Waals surface area (Å²) in [6, 6.07) is 11.6. The minimum Gasteiger partial charge on any atom is -0.435 e. The van der Waals surface area contributed by atoms with Crippen LogP contribution in [0, 0.1) is 13.8 Å². The molecule has 7 heteroatoms. The summed E-state index contributed by atoms with van der Waals surface area (Å²) in [7, 11) is 0. The van der Waals surface area contributed by atoms with Gasteiger partial charge in [0.05, 0.1) is 6.21 Å². The third kappa shape index (κ3) is 5.87. The first-order chi connectivity index (χ1) is 12.0. The predicted molar refractivity (Wildman–Crippen MR) is 91.2 cm³/mol. The van der Waals surface area contributed by atoms with E-state index in [1.807, 2.05) is 32.0 Å². The van der Waals surface area contributed by atoms with Crippen LogP contribution in [-0.4, -0.2) is 25.3 Å². The molecule has 2 aromatic carbocycles. The average Bonchev–Trinajstić information content (AvgIpc) is 2.56. The zero-order valence-corrected chi connectivity index (χ0v) is 13.8. The van der Waals surface area contributed by atoms with E-state index < -0.39 is 6.61 Å². The lowest BCUT2D eigenvalue weighted by atomic mass is 10.1. The van der Waals surface area contributed by atoms with Crippen LogP contribution in [-0.2, 0) is 9.63 Å². The second kappa shape index (κ2) is 8.77. The van der Waals surface area contributed by atoms with E-state index >= 15 is 0 Å². The summed E-state index contributed by atoms with van der Waals surface area (Å²) in [5.74, 6) is -0.267. The Kier molecular flexibility index (Phi) is 6.45. The maximum atomic E-state index is 12.0. The number of carbonyl (C=O) groups is 1. The molecule has 0 fully saturated rings. The van der Waals surface area contributed by atoms with Gasteiger partial charge in [-0.05, 0) is 54.8 Å². The highest BCUT2D eigenvalue weighted by Gasteiger charge is 2.07. The van der Waals surface area contributed by atoms with Crippen molar-refractivity contribution in [3.8, 4) is 5.75 Å². The van der Waals surface area contributed by atoms with E-state index in [1.165, 1.54) is 18.3 Å². The lowest BCUT2D eigenvalue weighted by molar-refractivity contribution is -0.120. The minimum atomic E-state index is -2.86. The molecule has 2 rings (SSSR count). The minimum absolute atomic E-state index is 0.0565. The Hall–Kier alpha value is -2.96. The van der Waals surface area contributed by atoms with Crippen LogP contribution in [0.5, 0.6) is 5.75 Å². The van der Waals surface area contributed by atoms with Gasteiger partial charge in [0.25, 0.3) is 5.91 Å². The summed E-state index contributed by atoms with van der Waals surface area (Å²) in [5, 5.41) is 6.46. The van der Waals surface area contributed by atoms with Crippen molar-refractivity contribution in [1.82, 2.24) is 0 Å². The second-order valence-electron chi connectivity index (χ2n) is 5.27. The van der Waals surface area contributed by atoms with Crippen molar-refractivity contribution in [1.29, 1.82) is 0 Å². The fraction of sp³-hybridized carbons (Fsp3) is 0.222. The van der Waals surface area contributed by atoms with E-state index in [-0.39, 0.29) is 18.3 Å². The first kappa shape index (κ1) is 18.4. The highest BCUT2D eigenvalue weighted by atomic mass is 19.3. The molecule has 25 heavy (non-hydrogen) atoms. The molecule has 0 radical (unpaired) electrons. The molecule has 0 saturated carbocycles. The van der Waals surface area contributed by atoms with Crippen molar-refractivity contribution in [2.24, 2.45) is 5.16 Å². The molecule has 132 valence electrons. The highest BCUT2D eigenvalue weighted by Crippen LogP contribution is 2.19. The highest BCUT2D eigenvalue weighted by molar-refractivity contribution is 5.93. The summed E-state index contributed by atoms with van der Waals surface area (Å²) in [6.45, 7) is 0.710. The number of para-hydroxylation sites is 1. The van der Waals surface area contributed by atoms with Gasteiger partial charge in [-0.2, -0.15) is 8.78 Å². The third-order valence-corrected chi connectivity index (χ3v) is 3.32. The quantitative estimate of drug-likeness (QED) is 0.610. The van der Waals surface area contributed by atoms with Crippen LogP contribution < -0.4 is 10.1 Å². The molecular weight excluding hydrogens is 330 g/mol. The van der Waals surface area contributed by atoms with Crippen LogP contribution in [0.2, 0.25) is 0 Å². The first-order valence-corrected chi connectivity index (χ1v) is 7.52. The van der Waals surface area contributed by atoms with Crippen LogP contribution in [0.3, 0.4) is 0 Å². The lowest BCUT2D eigenvalue weighted by Crippen LogP contribution is -2.18. The van der Waals surface area contributed by atoms with Gasteiger partial charge in [-0.3, -0.25) is 4.79 Å². The van der Waals surface area contributed by atoms with Crippen molar-refractivity contribution in [3.63, 3.8) is 0 Å². The zero-order valence-electron chi connectivity index (χ0n) is 13.8. The Labute approximate surface area is 144 Å². The number of amides is 1. The number of benzene rings is 2. The van der Waals surface area contributed by atoms with Gasteiger partial charge in [0.2, 0.25) is 0 Å². The average molecular weight is 348 g/mol. The third-order valence-electron chi connectivity index (χ3n) is 3.32. The maximum Gasteiger partial charge on any atom is 0.387 e. The number of oxime groups is 1. The van der Waals surface area contributed by atoms with Gasteiger partial charge in [0.1, 0.15) is 5.75 Å². The number of ether oxygens (including phenoxy) is 1. The van der Waals surface area contributed by atoms with Gasteiger partial charge < -0.3 is 14.9 Å². The second-order valence-corrected chi connectivity index (χ2v) is 5.27. The Morgan fingerprint density at radius 1 is 1.16 bits per heavy atom. The largest absolute Gasteiger partial charge is 0.435 e. The Bertz CT molecular complexity index is 726. The normalized spacial score (nSPS) is 10.9. The molecule has 5 nitrogen and oxygen atoms in total. The molecule has 0 aliphatic heterocycles. The number of aryl methyl sites for hydroxylation is 2. The lowest BCUT2D eigenvalue weighted by Gasteiger charge is -2.10. The number of hydrogen-bond donors (Lipinski definition) is 1. The van der Waals surface area contributed by atoms with Gasteiger partial charge in [-0.15, -0.1) is 0 Å². The summed E-state index contributed by atoms with van der Waals surface area (Å²) < 4.78 is 28.3. The number of carbonyl (C=O) groups excluding carboxylic acids is 1. The van der Waals surface area contributed by atoms with Crippen LogP contribution in [0.1, 0.15) is 16.7 Å². The number of hydrogen-bond acceptors (Lipinski definition) is 4. The SMILES string of the molecule is Cc1cccc(C)c1NC(=O)CO/N=C\c1ccc(OC(F)F)cc1. The molecule has 0 aromatic heterocycles. The Balaban J connectivity index is 1.81. The smallest absolute Gasteiger partial charge is 0.387 e. The molecule has 0 aliphatic rings. The Morgan fingerprint density at radius 2 is 1.80 bits per heavy atom. The van der Waals surface area contributed by atoms with Crippen LogP contribution in [0.15, 0.2) is 47.6 Å². The molecule has 0 spiro atoms. The van der Waals surface area contributed by atoms with Gasteiger partial charge in [0, 0.05) is 5.69 Å². The van der Waals surface area contributed by atoms with Crippen molar-refractivity contribution in [2.45, 2.75) is 20.5 Å². The fourth-order valence-corrected chi connectivity index (χ4v) is 2.12. The van der Waals surface area contributed by atoms with Crippen molar-refractivity contribution < 1.29 is 23.1 Å². The fourth-order valence-electron chi connectivity index (χ4n) is 2.12. The van der Waals surface area contributed by atoms with Gasteiger partial charge in [-0.1, -0.05) is 23.4 Å². The maximum absolute atomic E-state index is 12.0. The Morgan fingerprint density at radius 3 is 2.40 bits per heavy atom. The van der Waals surface area contributed by atoms with Gasteiger partial charge in [0.15, 0.2) is 6.61 Å². The number of alkyl halides is 2. The molecule has 0 heterocycles. The molecule has 0 bridgehead atoms. The van der Waals surface area contributed by atoms with Gasteiger partial charge >= 0.3 is 6.61 Å². The molecule has 2 aromatic rings. The molecule has 0 aliphatic carbocycles. The number of rotatable bonds is 7. The summed E-state index contributed by atoms with van der Waals surface area (Å²) >= 11 is 0. The zero-order chi connectivity index (χ0) is 18.2. The van der Waals surface area contributed by atoms with Crippen LogP contribution >= 0.6 is 0 Å². The number of nitrogens with one attached hydrogen (secondary N) is 1. The monoisotopic (exact) mass is 348 g/mol. The molecular formula is C18H18F2N2O3. The van der Waals surface area contributed by atoms with Crippen LogP contribution in [0.25, 0.3) is 0 Å². The van der Waals surface area contributed by atoms with Crippen LogP contribution in [0.4, 0.5) is 14.5 Å². The van der Waals surface area contributed by atoms with E-state index in [4.69, 9.17) is 4.84 Å². The molecule has 0 atom stereocenters.